The van der Waals surface area contributed by atoms with Crippen molar-refractivity contribution in [2.24, 2.45) is 5.84 Å². The highest BCUT2D eigenvalue weighted by molar-refractivity contribution is 5.55. The SMILES string of the molecule is Cc1cc(-n2cc(C)c(C)n2)ccc1OCc1c(C)cccc1N(C)N. The van der Waals surface area contributed by atoms with Gasteiger partial charge >= 0.3 is 0 Å². The molecule has 5 heteroatoms. The van der Waals surface area contributed by atoms with Crippen LogP contribution in [0.4, 0.5) is 5.69 Å². The number of ether oxygens (including phenoxy) is 1. The number of benzene rings is 2. The fraction of sp³-hybridized carbons (Fsp3) is 0.286. The fourth-order valence-corrected chi connectivity index (χ4v) is 2.97. The molecular weight excluding hydrogens is 324 g/mol. The van der Waals surface area contributed by atoms with Crippen LogP contribution in [0.2, 0.25) is 0 Å². The van der Waals surface area contributed by atoms with Crippen molar-refractivity contribution in [2.45, 2.75) is 34.3 Å². The van der Waals surface area contributed by atoms with E-state index in [-0.39, 0.29) is 0 Å². The van der Waals surface area contributed by atoms with Crippen LogP contribution in [-0.2, 0) is 6.61 Å². The first-order chi connectivity index (χ1) is 12.4. The van der Waals surface area contributed by atoms with Crippen molar-refractivity contribution in [1.29, 1.82) is 0 Å². The number of aromatic nitrogens is 2. The second kappa shape index (κ2) is 7.22. The van der Waals surface area contributed by atoms with Gasteiger partial charge < -0.3 is 9.75 Å². The molecule has 0 atom stereocenters. The highest BCUT2D eigenvalue weighted by atomic mass is 16.5. The molecule has 0 saturated heterocycles. The Labute approximate surface area is 155 Å². The van der Waals surface area contributed by atoms with E-state index in [1.807, 2.05) is 49.1 Å². The van der Waals surface area contributed by atoms with Crippen molar-refractivity contribution < 1.29 is 4.74 Å². The van der Waals surface area contributed by atoms with Gasteiger partial charge in [-0.05, 0) is 68.7 Å². The Kier molecular flexibility index (Phi) is 5.00. The van der Waals surface area contributed by atoms with Gasteiger partial charge in [-0.3, -0.25) is 0 Å². The number of hydrogen-bond acceptors (Lipinski definition) is 4. The molecule has 0 aliphatic rings. The van der Waals surface area contributed by atoms with Gasteiger partial charge in [-0.25, -0.2) is 10.5 Å². The summed E-state index contributed by atoms with van der Waals surface area (Å²) in [7, 11) is 1.84. The molecule has 0 aliphatic carbocycles. The summed E-state index contributed by atoms with van der Waals surface area (Å²) in [5, 5.41) is 6.17. The molecule has 5 nitrogen and oxygen atoms in total. The van der Waals surface area contributed by atoms with Crippen LogP contribution >= 0.6 is 0 Å². The lowest BCUT2D eigenvalue weighted by atomic mass is 10.1. The average molecular weight is 350 g/mol. The van der Waals surface area contributed by atoms with Gasteiger partial charge in [0.15, 0.2) is 0 Å². The molecule has 0 bridgehead atoms. The van der Waals surface area contributed by atoms with Crippen molar-refractivity contribution in [1.82, 2.24) is 9.78 Å². The van der Waals surface area contributed by atoms with E-state index in [1.165, 1.54) is 5.56 Å². The smallest absolute Gasteiger partial charge is 0.122 e. The minimum Gasteiger partial charge on any atom is -0.489 e. The molecular formula is C21H26N4O. The van der Waals surface area contributed by atoms with Crippen LogP contribution in [0.1, 0.15) is 27.9 Å². The fourth-order valence-electron chi connectivity index (χ4n) is 2.97. The molecule has 136 valence electrons. The zero-order valence-electron chi connectivity index (χ0n) is 16.1. The first-order valence-electron chi connectivity index (χ1n) is 8.70. The minimum absolute atomic E-state index is 0.476. The Balaban J connectivity index is 1.82. The summed E-state index contributed by atoms with van der Waals surface area (Å²) in [4.78, 5) is 0. The summed E-state index contributed by atoms with van der Waals surface area (Å²) in [6.07, 6.45) is 2.04. The van der Waals surface area contributed by atoms with Gasteiger partial charge in [0, 0.05) is 18.8 Å². The molecule has 3 aromatic rings. The standard InChI is InChI=1S/C21H26N4O/c1-14-7-6-8-20(24(5)22)19(14)13-26-21-10-9-18(11-15(21)2)25-12-16(3)17(4)23-25/h6-12H,13,22H2,1-5H3. The van der Waals surface area contributed by atoms with Gasteiger partial charge in [-0.1, -0.05) is 12.1 Å². The molecule has 0 fully saturated rings. The quantitative estimate of drug-likeness (QED) is 0.558. The van der Waals surface area contributed by atoms with Crippen LogP contribution in [0.15, 0.2) is 42.6 Å². The van der Waals surface area contributed by atoms with Crippen LogP contribution < -0.4 is 15.6 Å². The lowest BCUT2D eigenvalue weighted by Crippen LogP contribution is -2.26. The third-order valence-corrected chi connectivity index (χ3v) is 4.70. The second-order valence-electron chi connectivity index (χ2n) is 6.76. The van der Waals surface area contributed by atoms with Crippen LogP contribution in [-0.4, -0.2) is 16.8 Å². The van der Waals surface area contributed by atoms with E-state index >= 15 is 0 Å². The number of hydrogen-bond donors (Lipinski definition) is 1. The van der Waals surface area contributed by atoms with Gasteiger partial charge in [0.1, 0.15) is 12.4 Å². The predicted molar refractivity (Wildman–Crippen MR) is 106 cm³/mol. The van der Waals surface area contributed by atoms with Crippen molar-refractivity contribution in [3.05, 3.63) is 70.5 Å². The van der Waals surface area contributed by atoms with E-state index in [2.05, 4.69) is 38.0 Å². The highest BCUT2D eigenvalue weighted by Gasteiger charge is 2.10. The summed E-state index contributed by atoms with van der Waals surface area (Å²) in [6.45, 7) is 8.69. The van der Waals surface area contributed by atoms with Gasteiger partial charge in [0.2, 0.25) is 0 Å². The average Bonchev–Trinajstić information content (AvgIpc) is 2.93. The third-order valence-electron chi connectivity index (χ3n) is 4.70. The van der Waals surface area contributed by atoms with Crippen LogP contribution in [0.25, 0.3) is 5.69 Å². The number of nitrogens with two attached hydrogens (primary N) is 1. The number of nitrogens with zero attached hydrogens (tertiary/aromatic N) is 3. The van der Waals surface area contributed by atoms with Crippen molar-refractivity contribution in [3.63, 3.8) is 0 Å². The maximum atomic E-state index is 6.10. The van der Waals surface area contributed by atoms with Gasteiger partial charge in [0.25, 0.3) is 0 Å². The van der Waals surface area contributed by atoms with E-state index < -0.39 is 0 Å². The maximum absolute atomic E-state index is 6.10. The molecule has 0 spiro atoms. The van der Waals surface area contributed by atoms with Gasteiger partial charge in [-0.2, -0.15) is 5.10 Å². The lowest BCUT2D eigenvalue weighted by molar-refractivity contribution is 0.303. The Bertz CT molecular complexity index is 908. The van der Waals surface area contributed by atoms with Crippen LogP contribution in [0.5, 0.6) is 5.75 Å². The van der Waals surface area contributed by atoms with E-state index in [1.54, 1.807) is 5.01 Å². The molecule has 26 heavy (non-hydrogen) atoms. The maximum Gasteiger partial charge on any atom is 0.122 e. The van der Waals surface area contributed by atoms with Crippen molar-refractivity contribution >= 4 is 5.69 Å². The molecule has 0 amide bonds. The molecule has 0 saturated carbocycles. The van der Waals surface area contributed by atoms with E-state index in [9.17, 15) is 0 Å². The summed E-state index contributed by atoms with van der Waals surface area (Å²) < 4.78 is 8.01. The molecule has 0 aliphatic heterocycles. The Morgan fingerprint density at radius 3 is 2.42 bits per heavy atom. The zero-order valence-corrected chi connectivity index (χ0v) is 16.1. The highest BCUT2D eigenvalue weighted by Crippen LogP contribution is 2.26. The number of hydrazine groups is 1. The van der Waals surface area contributed by atoms with E-state index in [0.29, 0.717) is 6.61 Å². The largest absolute Gasteiger partial charge is 0.489 e. The lowest BCUT2D eigenvalue weighted by Gasteiger charge is -2.19. The molecule has 0 unspecified atom stereocenters. The molecule has 1 aromatic heterocycles. The summed E-state index contributed by atoms with van der Waals surface area (Å²) in [5.41, 5.74) is 7.56. The first kappa shape index (κ1) is 18.0. The topological polar surface area (TPSA) is 56.3 Å². The first-order valence-corrected chi connectivity index (χ1v) is 8.70. The molecule has 3 rings (SSSR count). The van der Waals surface area contributed by atoms with Crippen LogP contribution in [0, 0.1) is 27.7 Å². The third kappa shape index (κ3) is 3.58. The predicted octanol–water partition coefficient (Wildman–Crippen LogP) is 3.99. The Morgan fingerprint density at radius 1 is 1.04 bits per heavy atom. The van der Waals surface area contributed by atoms with Crippen LogP contribution in [0.3, 0.4) is 0 Å². The molecule has 1 heterocycles. The summed E-state index contributed by atoms with van der Waals surface area (Å²) >= 11 is 0. The minimum atomic E-state index is 0.476. The summed E-state index contributed by atoms with van der Waals surface area (Å²) in [6, 6.07) is 12.2. The monoisotopic (exact) mass is 350 g/mol. The summed E-state index contributed by atoms with van der Waals surface area (Å²) in [5.74, 6) is 6.81. The van der Waals surface area contributed by atoms with E-state index in [0.717, 1.165) is 39.5 Å². The normalized spacial score (nSPS) is 10.8. The molecule has 2 N–H and O–H groups in total. The van der Waals surface area contributed by atoms with Gasteiger partial charge in [-0.15, -0.1) is 0 Å². The van der Waals surface area contributed by atoms with Crippen molar-refractivity contribution in [2.75, 3.05) is 12.1 Å². The Hall–Kier alpha value is -2.79. The van der Waals surface area contributed by atoms with Crippen molar-refractivity contribution in [3.8, 4) is 11.4 Å². The molecule has 2 aromatic carbocycles. The second-order valence-corrected chi connectivity index (χ2v) is 6.76. The zero-order chi connectivity index (χ0) is 18.8. The van der Waals surface area contributed by atoms with E-state index in [4.69, 9.17) is 10.6 Å². The number of aryl methyl sites for hydroxylation is 4. The number of anilines is 1. The Morgan fingerprint density at radius 2 is 1.81 bits per heavy atom. The van der Waals surface area contributed by atoms with Gasteiger partial charge in [0.05, 0.1) is 17.1 Å². The number of rotatable bonds is 5. The molecule has 0 radical (unpaired) electrons.